The van der Waals surface area contributed by atoms with E-state index < -0.39 is 11.8 Å². The Hall–Kier alpha value is -4.26. The van der Waals surface area contributed by atoms with E-state index in [0.717, 1.165) is 30.4 Å². The molecule has 2 amide bonds. The van der Waals surface area contributed by atoms with Crippen LogP contribution in [0.15, 0.2) is 97.6 Å². The summed E-state index contributed by atoms with van der Waals surface area (Å²) in [5, 5.41) is 9.78. The van der Waals surface area contributed by atoms with Gasteiger partial charge in [-0.2, -0.15) is 5.10 Å². The number of carbonyl (C=O) groups excluding carboxylic acids is 2. The van der Waals surface area contributed by atoms with Crippen molar-refractivity contribution in [3.8, 4) is 0 Å². The first kappa shape index (κ1) is 22.9. The van der Waals surface area contributed by atoms with E-state index in [9.17, 15) is 9.59 Å². The quantitative estimate of drug-likeness (QED) is 0.373. The van der Waals surface area contributed by atoms with Gasteiger partial charge in [-0.1, -0.05) is 78.9 Å². The molecule has 4 rings (SSSR count). The molecule has 1 atom stereocenters. The fourth-order valence-corrected chi connectivity index (χ4v) is 3.83. The molecule has 0 aliphatic rings. The predicted octanol–water partition coefficient (Wildman–Crippen LogP) is 4.15. The molecule has 34 heavy (non-hydrogen) atoms. The fraction of sp³-hybridized carbons (Fsp3) is 0.185. The molecule has 2 N–H and O–H groups in total. The summed E-state index contributed by atoms with van der Waals surface area (Å²) in [5.41, 5.74) is 3.63. The standard InChI is InChI=1S/C27H27N5O2/c33-26(27(34)31-25-16-8-7-15-23(25)18-32-20-28-19-29-32)30-24(22-13-5-2-6-14-22)17-9-12-21-10-3-1-4-11-21/h1-8,10-11,13-16,19-20,24H,9,12,17-18H2,(H,30,33)(H,31,34)/t24-/m0/s1. The average molecular weight is 454 g/mol. The van der Waals surface area contributed by atoms with Crippen LogP contribution in [0.1, 0.15) is 35.6 Å². The molecule has 0 spiro atoms. The number of carbonyl (C=O) groups is 2. The Morgan fingerprint density at radius 2 is 1.56 bits per heavy atom. The maximum Gasteiger partial charge on any atom is 0.313 e. The molecule has 0 bridgehead atoms. The van der Waals surface area contributed by atoms with Crippen molar-refractivity contribution >= 4 is 17.5 Å². The molecule has 7 heteroatoms. The number of para-hydroxylation sites is 1. The van der Waals surface area contributed by atoms with E-state index in [2.05, 4.69) is 32.8 Å². The number of benzene rings is 3. The minimum Gasteiger partial charge on any atom is -0.341 e. The Kier molecular flexibility index (Phi) is 7.79. The lowest BCUT2D eigenvalue weighted by molar-refractivity contribution is -0.136. The van der Waals surface area contributed by atoms with Gasteiger partial charge in [-0.15, -0.1) is 0 Å². The van der Waals surface area contributed by atoms with Crippen molar-refractivity contribution in [2.24, 2.45) is 0 Å². The lowest BCUT2D eigenvalue weighted by atomic mass is 9.99. The Morgan fingerprint density at radius 1 is 0.853 bits per heavy atom. The van der Waals surface area contributed by atoms with Crippen molar-refractivity contribution in [3.05, 3.63) is 114 Å². The van der Waals surface area contributed by atoms with E-state index in [-0.39, 0.29) is 6.04 Å². The van der Waals surface area contributed by atoms with E-state index in [1.54, 1.807) is 17.1 Å². The van der Waals surface area contributed by atoms with E-state index in [1.807, 2.05) is 66.7 Å². The monoisotopic (exact) mass is 453 g/mol. The summed E-state index contributed by atoms with van der Waals surface area (Å²) in [5.74, 6) is -1.36. The minimum atomic E-state index is -0.699. The van der Waals surface area contributed by atoms with Crippen LogP contribution < -0.4 is 10.6 Å². The summed E-state index contributed by atoms with van der Waals surface area (Å²) >= 11 is 0. The minimum absolute atomic E-state index is 0.256. The Morgan fingerprint density at radius 3 is 2.29 bits per heavy atom. The number of nitrogens with zero attached hydrogens (tertiary/aromatic N) is 3. The van der Waals surface area contributed by atoms with Crippen LogP contribution >= 0.6 is 0 Å². The van der Waals surface area contributed by atoms with E-state index in [4.69, 9.17) is 0 Å². The van der Waals surface area contributed by atoms with Crippen LogP contribution in [0.3, 0.4) is 0 Å². The molecule has 0 saturated heterocycles. The average Bonchev–Trinajstić information content (AvgIpc) is 3.39. The van der Waals surface area contributed by atoms with Crippen molar-refractivity contribution in [1.29, 1.82) is 0 Å². The van der Waals surface area contributed by atoms with Crippen LogP contribution in [0.2, 0.25) is 0 Å². The second-order valence-electron chi connectivity index (χ2n) is 8.02. The molecule has 1 heterocycles. The molecule has 0 unspecified atom stereocenters. The van der Waals surface area contributed by atoms with Crippen molar-refractivity contribution in [3.63, 3.8) is 0 Å². The van der Waals surface area contributed by atoms with Gasteiger partial charge in [0.1, 0.15) is 12.7 Å². The molecule has 172 valence electrons. The summed E-state index contributed by atoms with van der Waals surface area (Å²) in [6.45, 7) is 0.435. The lowest BCUT2D eigenvalue weighted by Crippen LogP contribution is -2.38. The summed E-state index contributed by atoms with van der Waals surface area (Å²) in [4.78, 5) is 29.6. The molecule has 0 saturated carbocycles. The van der Waals surface area contributed by atoms with E-state index in [1.165, 1.54) is 11.9 Å². The second-order valence-corrected chi connectivity index (χ2v) is 8.02. The van der Waals surface area contributed by atoms with Gasteiger partial charge in [0.05, 0.1) is 12.6 Å². The van der Waals surface area contributed by atoms with Gasteiger partial charge >= 0.3 is 11.8 Å². The zero-order valence-electron chi connectivity index (χ0n) is 18.8. The van der Waals surface area contributed by atoms with E-state index in [0.29, 0.717) is 12.2 Å². The predicted molar refractivity (Wildman–Crippen MR) is 131 cm³/mol. The highest BCUT2D eigenvalue weighted by molar-refractivity contribution is 6.39. The molecule has 0 fully saturated rings. The van der Waals surface area contributed by atoms with Gasteiger partial charge < -0.3 is 10.6 Å². The third kappa shape index (κ3) is 6.38. The number of aromatic nitrogens is 3. The van der Waals surface area contributed by atoms with Crippen LogP contribution in [0, 0.1) is 0 Å². The van der Waals surface area contributed by atoms with Crippen molar-refractivity contribution < 1.29 is 9.59 Å². The molecule has 0 radical (unpaired) electrons. The lowest BCUT2D eigenvalue weighted by Gasteiger charge is -2.19. The van der Waals surface area contributed by atoms with Crippen LogP contribution in [0.4, 0.5) is 5.69 Å². The van der Waals surface area contributed by atoms with Gasteiger partial charge in [0, 0.05) is 5.69 Å². The normalized spacial score (nSPS) is 11.5. The fourth-order valence-electron chi connectivity index (χ4n) is 3.83. The van der Waals surface area contributed by atoms with E-state index >= 15 is 0 Å². The van der Waals surface area contributed by atoms with Crippen LogP contribution in [0.5, 0.6) is 0 Å². The number of hydrogen-bond acceptors (Lipinski definition) is 4. The highest BCUT2D eigenvalue weighted by Crippen LogP contribution is 2.20. The van der Waals surface area contributed by atoms with Crippen LogP contribution in [-0.4, -0.2) is 26.6 Å². The SMILES string of the molecule is O=C(Nc1ccccc1Cn1cncn1)C(=O)N[C@@H](CCCc1ccccc1)c1ccccc1. The maximum absolute atomic E-state index is 12.8. The number of nitrogens with one attached hydrogen (secondary N) is 2. The van der Waals surface area contributed by atoms with Gasteiger partial charge in [-0.05, 0) is 42.0 Å². The molecule has 7 nitrogen and oxygen atoms in total. The van der Waals surface area contributed by atoms with Crippen molar-refractivity contribution in [2.45, 2.75) is 31.8 Å². The zero-order chi connectivity index (χ0) is 23.6. The molecule has 4 aromatic rings. The van der Waals surface area contributed by atoms with Gasteiger partial charge in [0.2, 0.25) is 0 Å². The topological polar surface area (TPSA) is 88.9 Å². The largest absolute Gasteiger partial charge is 0.341 e. The number of anilines is 1. The van der Waals surface area contributed by atoms with Crippen LogP contribution in [-0.2, 0) is 22.6 Å². The number of hydrogen-bond donors (Lipinski definition) is 2. The highest BCUT2D eigenvalue weighted by Gasteiger charge is 2.21. The molecule has 1 aromatic heterocycles. The van der Waals surface area contributed by atoms with Gasteiger partial charge in [-0.25, -0.2) is 9.67 Å². The third-order valence-corrected chi connectivity index (χ3v) is 5.58. The smallest absolute Gasteiger partial charge is 0.313 e. The second kappa shape index (κ2) is 11.6. The molecule has 3 aromatic carbocycles. The van der Waals surface area contributed by atoms with Crippen molar-refractivity contribution in [2.75, 3.05) is 5.32 Å². The Bertz CT molecular complexity index is 1190. The highest BCUT2D eigenvalue weighted by atomic mass is 16.2. The summed E-state index contributed by atoms with van der Waals surface area (Å²) in [6.07, 6.45) is 5.57. The van der Waals surface area contributed by atoms with Gasteiger partial charge in [0.15, 0.2) is 0 Å². The number of aryl methyl sites for hydroxylation is 1. The summed E-state index contributed by atoms with van der Waals surface area (Å²) in [6, 6.07) is 27.1. The number of amides is 2. The molecule has 0 aliphatic heterocycles. The third-order valence-electron chi connectivity index (χ3n) is 5.58. The summed E-state index contributed by atoms with van der Waals surface area (Å²) < 4.78 is 1.66. The number of rotatable bonds is 9. The maximum atomic E-state index is 12.8. The van der Waals surface area contributed by atoms with Crippen molar-refractivity contribution in [1.82, 2.24) is 20.1 Å². The molecular formula is C27H27N5O2. The zero-order valence-corrected chi connectivity index (χ0v) is 18.8. The van der Waals surface area contributed by atoms with Crippen LogP contribution in [0.25, 0.3) is 0 Å². The Balaban J connectivity index is 1.40. The first-order valence-electron chi connectivity index (χ1n) is 11.3. The molecular weight excluding hydrogens is 426 g/mol. The van der Waals surface area contributed by atoms with Gasteiger partial charge in [0.25, 0.3) is 0 Å². The first-order chi connectivity index (χ1) is 16.7. The van der Waals surface area contributed by atoms with Gasteiger partial charge in [-0.3, -0.25) is 9.59 Å². The Labute approximate surface area is 198 Å². The first-order valence-corrected chi connectivity index (χ1v) is 11.3. The summed E-state index contributed by atoms with van der Waals surface area (Å²) in [7, 11) is 0. The molecule has 0 aliphatic carbocycles.